The van der Waals surface area contributed by atoms with E-state index in [-0.39, 0.29) is 17.6 Å². The van der Waals surface area contributed by atoms with Gasteiger partial charge in [0.2, 0.25) is 0 Å². The summed E-state index contributed by atoms with van der Waals surface area (Å²) >= 11 is 0. The van der Waals surface area contributed by atoms with Crippen molar-refractivity contribution in [1.29, 1.82) is 0 Å². The van der Waals surface area contributed by atoms with Crippen LogP contribution in [0.1, 0.15) is 50.8 Å². The van der Waals surface area contributed by atoms with Crippen LogP contribution in [0.5, 0.6) is 0 Å². The first-order valence-electron chi connectivity index (χ1n) is 7.71. The predicted molar refractivity (Wildman–Crippen MR) is 86.4 cm³/mol. The zero-order chi connectivity index (χ0) is 16.4. The molecule has 0 saturated heterocycles. The van der Waals surface area contributed by atoms with E-state index in [1.807, 2.05) is 13.0 Å². The van der Waals surface area contributed by atoms with E-state index < -0.39 is 6.04 Å². The highest BCUT2D eigenvalue weighted by molar-refractivity contribution is 6.23. The molecule has 1 unspecified atom stereocenters. The molecule has 4 nitrogen and oxygen atoms in total. The van der Waals surface area contributed by atoms with Crippen LogP contribution in [0, 0.1) is 0 Å². The van der Waals surface area contributed by atoms with Gasteiger partial charge >= 0.3 is 0 Å². The maximum absolute atomic E-state index is 12.8. The monoisotopic (exact) mass is 307 g/mol. The minimum absolute atomic E-state index is 0.193. The molecule has 2 amide bonds. The molecule has 0 N–H and O–H groups in total. The quantitative estimate of drug-likeness (QED) is 0.629. The molecule has 0 saturated carbocycles. The summed E-state index contributed by atoms with van der Waals surface area (Å²) in [5, 5.41) is 0. The van der Waals surface area contributed by atoms with E-state index in [9.17, 15) is 14.4 Å². The van der Waals surface area contributed by atoms with Crippen LogP contribution in [0.15, 0.2) is 54.6 Å². The van der Waals surface area contributed by atoms with E-state index in [0.717, 1.165) is 4.90 Å². The molecular weight excluding hydrogens is 290 g/mol. The van der Waals surface area contributed by atoms with Gasteiger partial charge in [0.05, 0.1) is 11.1 Å². The van der Waals surface area contributed by atoms with Crippen molar-refractivity contribution in [2.45, 2.75) is 25.8 Å². The molecule has 1 aliphatic heterocycles. The molecule has 0 bridgehead atoms. The molecule has 0 spiro atoms. The number of nitrogens with zero attached hydrogens (tertiary/aromatic N) is 1. The lowest BCUT2D eigenvalue weighted by Crippen LogP contribution is -2.44. The predicted octanol–water partition coefficient (Wildman–Crippen LogP) is 3.33. The van der Waals surface area contributed by atoms with E-state index in [2.05, 4.69) is 0 Å². The molecule has 2 aromatic carbocycles. The SMILES string of the molecule is CCCC(C(=O)c1ccccc1)N1C(=O)c2ccccc2C1=O. The van der Waals surface area contributed by atoms with Crippen LogP contribution in [-0.4, -0.2) is 28.5 Å². The number of fused-ring (bicyclic) bond motifs is 1. The third kappa shape index (κ3) is 2.57. The Balaban J connectivity index is 1.98. The Hall–Kier alpha value is -2.75. The molecule has 0 aromatic heterocycles. The third-order valence-electron chi connectivity index (χ3n) is 4.06. The molecule has 23 heavy (non-hydrogen) atoms. The average Bonchev–Trinajstić information content (AvgIpc) is 2.85. The highest BCUT2D eigenvalue weighted by atomic mass is 16.2. The first kappa shape index (κ1) is 15.2. The van der Waals surface area contributed by atoms with Gasteiger partial charge in [-0.05, 0) is 18.6 Å². The number of benzene rings is 2. The lowest BCUT2D eigenvalue weighted by atomic mass is 9.99. The first-order valence-corrected chi connectivity index (χ1v) is 7.71. The number of rotatable bonds is 5. The van der Waals surface area contributed by atoms with E-state index in [1.54, 1.807) is 48.5 Å². The Labute approximate surface area is 134 Å². The Morgan fingerprint density at radius 3 is 1.96 bits per heavy atom. The fraction of sp³-hybridized carbons (Fsp3) is 0.211. The zero-order valence-electron chi connectivity index (χ0n) is 12.9. The Kier molecular flexibility index (Phi) is 4.06. The summed E-state index contributed by atoms with van der Waals surface area (Å²) in [7, 11) is 0. The van der Waals surface area contributed by atoms with Gasteiger partial charge in [-0.1, -0.05) is 55.8 Å². The highest BCUT2D eigenvalue weighted by Crippen LogP contribution is 2.27. The number of Topliss-reactive ketones (excluding diaryl/α,β-unsaturated/α-hetero) is 1. The van der Waals surface area contributed by atoms with Crippen LogP contribution in [0.3, 0.4) is 0 Å². The minimum Gasteiger partial charge on any atom is -0.292 e. The maximum Gasteiger partial charge on any atom is 0.262 e. The molecule has 4 heteroatoms. The average molecular weight is 307 g/mol. The number of imide groups is 1. The van der Waals surface area contributed by atoms with Gasteiger partial charge in [-0.15, -0.1) is 0 Å². The van der Waals surface area contributed by atoms with Crippen molar-refractivity contribution in [2.24, 2.45) is 0 Å². The molecular formula is C19H17NO3. The fourth-order valence-electron chi connectivity index (χ4n) is 2.94. The fourth-order valence-corrected chi connectivity index (χ4v) is 2.94. The molecule has 0 radical (unpaired) electrons. The Morgan fingerprint density at radius 1 is 0.913 bits per heavy atom. The van der Waals surface area contributed by atoms with Gasteiger partial charge < -0.3 is 0 Å². The number of amides is 2. The maximum atomic E-state index is 12.8. The van der Waals surface area contributed by atoms with Gasteiger partial charge in [0, 0.05) is 5.56 Å². The van der Waals surface area contributed by atoms with E-state index in [4.69, 9.17) is 0 Å². The smallest absolute Gasteiger partial charge is 0.262 e. The van der Waals surface area contributed by atoms with E-state index >= 15 is 0 Å². The highest BCUT2D eigenvalue weighted by Gasteiger charge is 2.42. The van der Waals surface area contributed by atoms with Gasteiger partial charge in [-0.25, -0.2) is 0 Å². The van der Waals surface area contributed by atoms with Gasteiger partial charge in [0.1, 0.15) is 6.04 Å². The first-order chi connectivity index (χ1) is 11.1. The molecule has 116 valence electrons. The van der Waals surface area contributed by atoms with E-state index in [1.165, 1.54) is 0 Å². The summed E-state index contributed by atoms with van der Waals surface area (Å²) in [5.74, 6) is -0.955. The molecule has 1 atom stereocenters. The summed E-state index contributed by atoms with van der Waals surface area (Å²) in [4.78, 5) is 39.2. The lowest BCUT2D eigenvalue weighted by Gasteiger charge is -2.24. The summed E-state index contributed by atoms with van der Waals surface area (Å²) in [5.41, 5.74) is 1.27. The van der Waals surface area contributed by atoms with Crippen molar-refractivity contribution < 1.29 is 14.4 Å². The molecule has 0 aliphatic carbocycles. The van der Waals surface area contributed by atoms with Crippen molar-refractivity contribution in [2.75, 3.05) is 0 Å². The number of hydrogen-bond acceptors (Lipinski definition) is 3. The topological polar surface area (TPSA) is 54.5 Å². The zero-order valence-corrected chi connectivity index (χ0v) is 12.9. The van der Waals surface area contributed by atoms with Crippen molar-refractivity contribution in [3.8, 4) is 0 Å². The summed E-state index contributed by atoms with van der Waals surface area (Å²) < 4.78 is 0. The summed E-state index contributed by atoms with van der Waals surface area (Å²) in [6, 6.07) is 14.8. The van der Waals surface area contributed by atoms with Crippen LogP contribution in [-0.2, 0) is 0 Å². The van der Waals surface area contributed by atoms with Crippen LogP contribution in [0.25, 0.3) is 0 Å². The third-order valence-corrected chi connectivity index (χ3v) is 4.06. The van der Waals surface area contributed by atoms with Crippen LogP contribution < -0.4 is 0 Å². The second-order valence-electron chi connectivity index (χ2n) is 5.56. The van der Waals surface area contributed by atoms with Crippen molar-refractivity contribution >= 4 is 17.6 Å². The van der Waals surface area contributed by atoms with Crippen molar-refractivity contribution in [3.05, 3.63) is 71.3 Å². The van der Waals surface area contributed by atoms with Crippen LogP contribution in [0.2, 0.25) is 0 Å². The lowest BCUT2D eigenvalue weighted by molar-refractivity contribution is 0.0531. The standard InChI is InChI=1S/C19H17NO3/c1-2-8-16(17(21)13-9-4-3-5-10-13)20-18(22)14-11-6-7-12-15(14)19(20)23/h3-7,9-12,16H,2,8H2,1H3. The molecule has 1 aliphatic rings. The van der Waals surface area contributed by atoms with Crippen LogP contribution >= 0.6 is 0 Å². The molecule has 1 heterocycles. The second kappa shape index (κ2) is 6.16. The van der Waals surface area contributed by atoms with Crippen molar-refractivity contribution in [1.82, 2.24) is 4.90 Å². The molecule has 0 fully saturated rings. The van der Waals surface area contributed by atoms with Gasteiger partial charge in [0.15, 0.2) is 5.78 Å². The van der Waals surface area contributed by atoms with Gasteiger partial charge in [-0.2, -0.15) is 0 Å². The number of carbonyl (C=O) groups excluding carboxylic acids is 3. The Morgan fingerprint density at radius 2 is 1.43 bits per heavy atom. The summed E-state index contributed by atoms with van der Waals surface area (Å²) in [6.07, 6.45) is 1.16. The largest absolute Gasteiger partial charge is 0.292 e. The summed E-state index contributed by atoms with van der Waals surface area (Å²) in [6.45, 7) is 1.93. The number of hydrogen-bond donors (Lipinski definition) is 0. The van der Waals surface area contributed by atoms with E-state index in [0.29, 0.717) is 29.5 Å². The number of ketones is 1. The second-order valence-corrected chi connectivity index (χ2v) is 5.56. The normalized spacial score (nSPS) is 14.7. The van der Waals surface area contributed by atoms with Crippen LogP contribution in [0.4, 0.5) is 0 Å². The number of carbonyl (C=O) groups is 3. The van der Waals surface area contributed by atoms with Gasteiger partial charge in [-0.3, -0.25) is 19.3 Å². The Bertz CT molecular complexity index is 732. The van der Waals surface area contributed by atoms with Gasteiger partial charge in [0.25, 0.3) is 11.8 Å². The molecule has 2 aromatic rings. The van der Waals surface area contributed by atoms with Crippen molar-refractivity contribution in [3.63, 3.8) is 0 Å². The molecule has 3 rings (SSSR count). The minimum atomic E-state index is -0.755.